The second kappa shape index (κ2) is 9.92. The van der Waals surface area contributed by atoms with E-state index in [1.807, 2.05) is 17.0 Å². The SMILES string of the molecule is O=C(O)CCN1CCN(C2(c3ccc(Oc4ccc(Br)cc4)cc3)C(=O)NC(=O)NC2=O)CC1. The molecular formula is C23H23BrN4O6. The van der Waals surface area contributed by atoms with Crippen LogP contribution in [0.4, 0.5) is 4.79 Å². The van der Waals surface area contributed by atoms with Crippen LogP contribution in [-0.2, 0) is 19.9 Å². The summed E-state index contributed by atoms with van der Waals surface area (Å²) < 4.78 is 6.76. The Morgan fingerprint density at radius 1 is 0.912 bits per heavy atom. The fourth-order valence-corrected chi connectivity index (χ4v) is 4.48. The maximum absolute atomic E-state index is 13.2. The molecule has 0 unspecified atom stereocenters. The van der Waals surface area contributed by atoms with Crippen LogP contribution in [0, 0.1) is 0 Å². The van der Waals surface area contributed by atoms with E-state index in [0.29, 0.717) is 49.8 Å². The molecule has 3 N–H and O–H groups in total. The molecule has 11 heteroatoms. The zero-order chi connectivity index (χ0) is 24.3. The molecule has 0 bridgehead atoms. The van der Waals surface area contributed by atoms with E-state index >= 15 is 0 Å². The zero-order valence-electron chi connectivity index (χ0n) is 18.1. The number of carbonyl (C=O) groups is 4. The van der Waals surface area contributed by atoms with Crippen molar-refractivity contribution in [1.29, 1.82) is 0 Å². The van der Waals surface area contributed by atoms with Crippen molar-refractivity contribution in [2.45, 2.75) is 12.0 Å². The van der Waals surface area contributed by atoms with Gasteiger partial charge in [0.1, 0.15) is 11.5 Å². The standard InChI is InChI=1S/C23H23BrN4O6/c24-16-3-7-18(8-4-16)34-17-5-1-15(2-6-17)23(20(31)25-22(33)26-21(23)32)28-13-11-27(12-14-28)10-9-19(29)30/h1-8H,9-14H2,(H,29,30)(H2,25,26,31,32,33). The number of nitrogens with one attached hydrogen (secondary N) is 2. The highest BCUT2D eigenvalue weighted by molar-refractivity contribution is 9.10. The summed E-state index contributed by atoms with van der Waals surface area (Å²) in [6, 6.07) is 13.1. The van der Waals surface area contributed by atoms with Crippen molar-refractivity contribution in [2.24, 2.45) is 0 Å². The molecule has 4 rings (SSSR count). The smallest absolute Gasteiger partial charge is 0.328 e. The number of nitrogens with zero attached hydrogens (tertiary/aromatic N) is 2. The molecule has 2 aliphatic rings. The van der Waals surface area contributed by atoms with Crippen molar-refractivity contribution >= 4 is 39.7 Å². The summed E-state index contributed by atoms with van der Waals surface area (Å²) in [5, 5.41) is 13.4. The van der Waals surface area contributed by atoms with Crippen LogP contribution in [0.2, 0.25) is 0 Å². The summed E-state index contributed by atoms with van der Waals surface area (Å²) >= 11 is 3.37. The molecule has 178 valence electrons. The van der Waals surface area contributed by atoms with E-state index in [-0.39, 0.29) is 6.42 Å². The van der Waals surface area contributed by atoms with Gasteiger partial charge in [-0.2, -0.15) is 0 Å². The van der Waals surface area contributed by atoms with Gasteiger partial charge in [-0.1, -0.05) is 28.1 Å². The monoisotopic (exact) mass is 530 g/mol. The quantitative estimate of drug-likeness (QED) is 0.463. The van der Waals surface area contributed by atoms with Gasteiger partial charge in [0.2, 0.25) is 5.54 Å². The van der Waals surface area contributed by atoms with Crippen molar-refractivity contribution in [3.05, 3.63) is 58.6 Å². The summed E-state index contributed by atoms with van der Waals surface area (Å²) in [5.74, 6) is -1.17. The van der Waals surface area contributed by atoms with Gasteiger partial charge in [-0.3, -0.25) is 29.9 Å². The molecule has 2 aliphatic heterocycles. The molecule has 2 fully saturated rings. The Morgan fingerprint density at radius 3 is 1.97 bits per heavy atom. The molecule has 2 heterocycles. The van der Waals surface area contributed by atoms with E-state index in [2.05, 4.69) is 26.6 Å². The lowest BCUT2D eigenvalue weighted by atomic mass is 9.84. The third kappa shape index (κ3) is 4.81. The Bertz CT molecular complexity index is 1080. The topological polar surface area (TPSA) is 128 Å². The lowest BCUT2D eigenvalue weighted by Gasteiger charge is -2.46. The Kier molecular flexibility index (Phi) is 6.96. The highest BCUT2D eigenvalue weighted by atomic mass is 79.9. The average Bonchev–Trinajstić information content (AvgIpc) is 2.81. The Morgan fingerprint density at radius 2 is 1.44 bits per heavy atom. The van der Waals surface area contributed by atoms with E-state index in [0.717, 1.165) is 4.47 Å². The largest absolute Gasteiger partial charge is 0.481 e. The highest BCUT2D eigenvalue weighted by Gasteiger charge is 2.56. The molecule has 0 spiro atoms. The van der Waals surface area contributed by atoms with Crippen LogP contribution in [0.3, 0.4) is 0 Å². The molecule has 2 aromatic rings. The number of carbonyl (C=O) groups excluding carboxylic acids is 3. The number of benzene rings is 2. The normalized spacial score (nSPS) is 18.8. The summed E-state index contributed by atoms with van der Waals surface area (Å²) in [6.45, 7) is 2.02. The fraction of sp³-hybridized carbons (Fsp3) is 0.304. The number of imide groups is 2. The molecular weight excluding hydrogens is 508 g/mol. The number of hydrogen-bond acceptors (Lipinski definition) is 7. The lowest BCUT2D eigenvalue weighted by molar-refractivity contribution is -0.150. The van der Waals surface area contributed by atoms with Gasteiger partial charge in [-0.05, 0) is 42.0 Å². The number of amides is 4. The second-order valence-electron chi connectivity index (χ2n) is 8.00. The minimum absolute atomic E-state index is 0.0143. The average molecular weight is 531 g/mol. The highest BCUT2D eigenvalue weighted by Crippen LogP contribution is 2.34. The van der Waals surface area contributed by atoms with E-state index < -0.39 is 29.4 Å². The molecule has 0 aliphatic carbocycles. The zero-order valence-corrected chi connectivity index (χ0v) is 19.7. The summed E-state index contributed by atoms with van der Waals surface area (Å²) in [6.07, 6.45) is 0.0143. The van der Waals surface area contributed by atoms with Gasteiger partial charge in [0.15, 0.2) is 0 Å². The molecule has 2 saturated heterocycles. The molecule has 0 radical (unpaired) electrons. The molecule has 0 aromatic heterocycles. The number of piperazine rings is 1. The van der Waals surface area contributed by atoms with Gasteiger partial charge in [-0.15, -0.1) is 0 Å². The van der Waals surface area contributed by atoms with Crippen LogP contribution >= 0.6 is 15.9 Å². The molecule has 0 atom stereocenters. The molecule has 4 amide bonds. The van der Waals surface area contributed by atoms with E-state index in [1.54, 1.807) is 41.3 Å². The minimum atomic E-state index is -1.73. The van der Waals surface area contributed by atoms with Crippen LogP contribution in [0.15, 0.2) is 53.0 Å². The predicted molar refractivity (Wildman–Crippen MR) is 124 cm³/mol. The predicted octanol–water partition coefficient (Wildman–Crippen LogP) is 1.89. The van der Waals surface area contributed by atoms with Crippen LogP contribution in [0.5, 0.6) is 11.5 Å². The van der Waals surface area contributed by atoms with E-state index in [9.17, 15) is 19.2 Å². The van der Waals surface area contributed by atoms with E-state index in [1.165, 1.54) is 0 Å². The van der Waals surface area contributed by atoms with E-state index in [4.69, 9.17) is 9.84 Å². The third-order valence-corrected chi connectivity index (χ3v) is 6.45. The number of halogens is 1. The second-order valence-corrected chi connectivity index (χ2v) is 8.92. The maximum atomic E-state index is 13.2. The Hall–Kier alpha value is -3.28. The van der Waals surface area contributed by atoms with Crippen molar-refractivity contribution < 1.29 is 29.0 Å². The first-order chi connectivity index (χ1) is 16.3. The molecule has 10 nitrogen and oxygen atoms in total. The van der Waals surface area contributed by atoms with Gasteiger partial charge < -0.3 is 14.7 Å². The van der Waals surface area contributed by atoms with Crippen molar-refractivity contribution in [3.8, 4) is 11.5 Å². The van der Waals surface area contributed by atoms with Crippen LogP contribution in [0.25, 0.3) is 0 Å². The number of carboxylic acid groups (broad SMARTS) is 1. The van der Waals surface area contributed by atoms with Gasteiger partial charge in [0.25, 0.3) is 11.8 Å². The Balaban J connectivity index is 1.59. The van der Waals surface area contributed by atoms with Gasteiger partial charge in [0, 0.05) is 37.2 Å². The third-order valence-electron chi connectivity index (χ3n) is 5.92. The number of hydrogen-bond donors (Lipinski definition) is 3. The molecule has 2 aromatic carbocycles. The van der Waals surface area contributed by atoms with Gasteiger partial charge >= 0.3 is 12.0 Å². The minimum Gasteiger partial charge on any atom is -0.481 e. The van der Waals surface area contributed by atoms with Gasteiger partial charge in [-0.25, -0.2) is 4.79 Å². The number of urea groups is 1. The van der Waals surface area contributed by atoms with Crippen molar-refractivity contribution in [1.82, 2.24) is 20.4 Å². The van der Waals surface area contributed by atoms with Crippen molar-refractivity contribution in [2.75, 3.05) is 32.7 Å². The fourth-order valence-electron chi connectivity index (χ4n) is 4.22. The van der Waals surface area contributed by atoms with Crippen LogP contribution < -0.4 is 15.4 Å². The van der Waals surface area contributed by atoms with Gasteiger partial charge in [0.05, 0.1) is 6.42 Å². The number of ether oxygens (including phenoxy) is 1. The summed E-state index contributed by atoms with van der Waals surface area (Å²) in [7, 11) is 0. The first kappa shape index (κ1) is 23.9. The van der Waals surface area contributed by atoms with Crippen LogP contribution in [-0.4, -0.2) is 71.4 Å². The number of barbiturate groups is 1. The first-order valence-corrected chi connectivity index (χ1v) is 11.5. The molecule has 0 saturated carbocycles. The number of carboxylic acids is 1. The Labute approximate surface area is 204 Å². The number of rotatable bonds is 7. The lowest BCUT2D eigenvalue weighted by Crippen LogP contribution is -2.72. The van der Waals surface area contributed by atoms with Crippen LogP contribution in [0.1, 0.15) is 12.0 Å². The molecule has 34 heavy (non-hydrogen) atoms. The number of aliphatic carboxylic acids is 1. The summed E-state index contributed by atoms with van der Waals surface area (Å²) in [4.78, 5) is 52.7. The van der Waals surface area contributed by atoms with Crippen molar-refractivity contribution in [3.63, 3.8) is 0 Å². The summed E-state index contributed by atoms with van der Waals surface area (Å²) in [5.41, 5.74) is -1.33. The maximum Gasteiger partial charge on any atom is 0.328 e. The first-order valence-electron chi connectivity index (χ1n) is 10.7.